The van der Waals surface area contributed by atoms with Crippen LogP contribution in [-0.4, -0.2) is 96.6 Å². The van der Waals surface area contributed by atoms with Gasteiger partial charge in [-0.15, -0.1) is 0 Å². The van der Waals surface area contributed by atoms with Crippen molar-refractivity contribution in [2.75, 3.05) is 73.6 Å². The van der Waals surface area contributed by atoms with Crippen molar-refractivity contribution in [2.45, 2.75) is 12.8 Å². The number of H-pyrrole nitrogens is 1. The zero-order valence-corrected chi connectivity index (χ0v) is 28.3. The molecule has 3 N–H and O–H groups in total. The molecule has 0 aliphatic carbocycles. The van der Waals surface area contributed by atoms with Crippen molar-refractivity contribution < 1.29 is 14.4 Å². The van der Waals surface area contributed by atoms with Crippen LogP contribution in [0.4, 0.5) is 21.9 Å². The number of anilines is 3. The van der Waals surface area contributed by atoms with Gasteiger partial charge in [0.15, 0.2) is 0 Å². The van der Waals surface area contributed by atoms with Crippen molar-refractivity contribution in [2.24, 2.45) is 5.92 Å². The molecule has 12 nitrogen and oxygen atoms in total. The van der Waals surface area contributed by atoms with Crippen molar-refractivity contribution in [3.05, 3.63) is 90.5 Å². The SMILES string of the molecule is O=C1CCN(c2cncc3c(N4CC(CN5CCN(c6ccc(-c7cc(-c8cc9c([nH]8)CCNC9=O)ccn7)cc6)CC5)C4)cccc23)C(=O)N1. The first kappa shape index (κ1) is 31.2. The lowest BCUT2D eigenvalue weighted by atomic mass is 9.96. The number of urea groups is 1. The fourth-order valence-electron chi connectivity index (χ4n) is 7.93. The molecular formula is C39H39N9O3. The first-order chi connectivity index (χ1) is 25.0. The Balaban J connectivity index is 0.794. The predicted octanol–water partition coefficient (Wildman–Crippen LogP) is 4.28. The number of nitrogens with one attached hydrogen (secondary N) is 3. The number of aromatic amines is 1. The Morgan fingerprint density at radius 3 is 2.43 bits per heavy atom. The quantitative estimate of drug-likeness (QED) is 0.232. The van der Waals surface area contributed by atoms with Gasteiger partial charge in [-0.1, -0.05) is 24.3 Å². The van der Waals surface area contributed by atoms with Gasteiger partial charge in [-0.3, -0.25) is 34.7 Å². The van der Waals surface area contributed by atoms with Gasteiger partial charge in [0.25, 0.3) is 5.91 Å². The number of hydrogen-bond acceptors (Lipinski definition) is 8. The molecule has 51 heavy (non-hydrogen) atoms. The van der Waals surface area contributed by atoms with Gasteiger partial charge < -0.3 is 20.1 Å². The number of amides is 4. The van der Waals surface area contributed by atoms with Crippen molar-refractivity contribution in [1.82, 2.24) is 30.5 Å². The maximum Gasteiger partial charge on any atom is 0.328 e. The first-order valence-electron chi connectivity index (χ1n) is 17.7. The molecule has 3 aromatic heterocycles. The highest BCUT2D eigenvalue weighted by Crippen LogP contribution is 2.36. The van der Waals surface area contributed by atoms with E-state index in [0.717, 1.165) is 108 Å². The molecule has 0 bridgehead atoms. The Hall–Kier alpha value is -5.75. The van der Waals surface area contributed by atoms with Gasteiger partial charge in [0.1, 0.15) is 0 Å². The number of pyridine rings is 2. The lowest BCUT2D eigenvalue weighted by Crippen LogP contribution is -2.55. The van der Waals surface area contributed by atoms with Gasteiger partial charge in [0, 0.05) is 135 Å². The number of piperazine rings is 1. The van der Waals surface area contributed by atoms with Crippen LogP contribution in [0, 0.1) is 5.92 Å². The average Bonchev–Trinajstić information content (AvgIpc) is 3.59. The van der Waals surface area contributed by atoms with Crippen LogP contribution in [0.15, 0.2) is 79.3 Å². The summed E-state index contributed by atoms with van der Waals surface area (Å²) < 4.78 is 0. The van der Waals surface area contributed by atoms with Crippen molar-refractivity contribution in [3.63, 3.8) is 0 Å². The van der Waals surface area contributed by atoms with Gasteiger partial charge in [-0.25, -0.2) is 4.79 Å². The Labute approximate surface area is 295 Å². The minimum atomic E-state index is -0.393. The number of imide groups is 1. The third kappa shape index (κ3) is 5.95. The number of nitrogens with zero attached hydrogens (tertiary/aromatic N) is 6. The number of carbonyl (C=O) groups is 3. The van der Waals surface area contributed by atoms with Crippen LogP contribution in [0.5, 0.6) is 0 Å². The zero-order chi connectivity index (χ0) is 34.5. The van der Waals surface area contributed by atoms with E-state index in [4.69, 9.17) is 0 Å². The largest absolute Gasteiger partial charge is 0.370 e. The van der Waals surface area contributed by atoms with E-state index in [-0.39, 0.29) is 18.2 Å². The van der Waals surface area contributed by atoms with Crippen LogP contribution < -0.4 is 25.3 Å². The summed E-state index contributed by atoms with van der Waals surface area (Å²) in [5.41, 5.74) is 8.75. The Morgan fingerprint density at radius 1 is 0.784 bits per heavy atom. The van der Waals surface area contributed by atoms with Crippen LogP contribution in [0.1, 0.15) is 22.5 Å². The standard InChI is InChI=1S/C39H39N9O3/c49-37-10-13-48(39(51)44-37)36-21-40-20-31-29(36)2-1-3-35(31)47-23-25(24-47)22-45-14-16-46(17-15-45)28-6-4-26(5-7-28)33-18-27(8-11-41-33)34-19-30-32(43-34)9-12-42-38(30)50/h1-8,11,18-21,25,43H,9-10,12-17,22-24H2,(H,42,50)(H,44,49,51). The van der Waals surface area contributed by atoms with Crippen molar-refractivity contribution in [3.8, 4) is 22.5 Å². The van der Waals surface area contributed by atoms with E-state index in [9.17, 15) is 14.4 Å². The number of benzene rings is 2. The summed E-state index contributed by atoms with van der Waals surface area (Å²) in [6, 6.07) is 20.5. The van der Waals surface area contributed by atoms with E-state index in [1.54, 1.807) is 11.1 Å². The van der Waals surface area contributed by atoms with Gasteiger partial charge >= 0.3 is 6.03 Å². The molecule has 0 spiro atoms. The molecule has 4 aliphatic heterocycles. The highest BCUT2D eigenvalue weighted by molar-refractivity contribution is 6.11. The molecule has 0 saturated carbocycles. The highest BCUT2D eigenvalue weighted by Gasteiger charge is 2.32. The van der Waals surface area contributed by atoms with Crippen LogP contribution in [0.2, 0.25) is 0 Å². The molecule has 4 aliphatic rings. The predicted molar refractivity (Wildman–Crippen MR) is 197 cm³/mol. The van der Waals surface area contributed by atoms with Crippen LogP contribution in [0.25, 0.3) is 33.3 Å². The summed E-state index contributed by atoms with van der Waals surface area (Å²) in [6.45, 7) is 8.10. The molecule has 7 heterocycles. The Bertz CT molecular complexity index is 2150. The van der Waals surface area contributed by atoms with E-state index in [1.165, 1.54) is 5.69 Å². The van der Waals surface area contributed by atoms with E-state index >= 15 is 0 Å². The van der Waals surface area contributed by atoms with E-state index < -0.39 is 6.03 Å². The van der Waals surface area contributed by atoms with Crippen molar-refractivity contribution in [1.29, 1.82) is 0 Å². The van der Waals surface area contributed by atoms with Crippen LogP contribution in [-0.2, 0) is 11.2 Å². The number of carbonyl (C=O) groups excluding carboxylic acids is 3. The summed E-state index contributed by atoms with van der Waals surface area (Å²) >= 11 is 0. The van der Waals surface area contributed by atoms with E-state index in [1.807, 2.05) is 36.7 Å². The fourth-order valence-corrected chi connectivity index (χ4v) is 7.93. The maximum atomic E-state index is 12.6. The number of fused-ring (bicyclic) bond motifs is 2. The minimum Gasteiger partial charge on any atom is -0.370 e. The lowest BCUT2D eigenvalue weighted by Gasteiger charge is -2.45. The molecule has 3 fully saturated rings. The average molecular weight is 682 g/mol. The van der Waals surface area contributed by atoms with Gasteiger partial charge in [0.05, 0.1) is 23.1 Å². The van der Waals surface area contributed by atoms with Gasteiger partial charge in [0.2, 0.25) is 5.91 Å². The van der Waals surface area contributed by atoms with Crippen LogP contribution >= 0.6 is 0 Å². The number of aromatic nitrogens is 3. The smallest absolute Gasteiger partial charge is 0.328 e. The normalized spacial score (nSPS) is 18.4. The molecular weight excluding hydrogens is 642 g/mol. The summed E-state index contributed by atoms with van der Waals surface area (Å²) in [5.74, 6) is 0.337. The molecule has 258 valence electrons. The fraction of sp³-hybridized carbons (Fsp3) is 0.308. The maximum absolute atomic E-state index is 12.6. The number of rotatable bonds is 7. The summed E-state index contributed by atoms with van der Waals surface area (Å²) in [5, 5.41) is 7.33. The molecule has 5 aromatic rings. The third-order valence-corrected chi connectivity index (χ3v) is 10.7. The monoisotopic (exact) mass is 681 g/mol. The molecule has 0 unspecified atom stereocenters. The van der Waals surface area contributed by atoms with E-state index in [2.05, 4.69) is 76.7 Å². The van der Waals surface area contributed by atoms with Gasteiger partial charge in [-0.2, -0.15) is 0 Å². The highest BCUT2D eigenvalue weighted by atomic mass is 16.2. The minimum absolute atomic E-state index is 0.0163. The second-order valence-corrected chi connectivity index (χ2v) is 13.9. The zero-order valence-electron chi connectivity index (χ0n) is 28.3. The molecule has 9 rings (SSSR count). The van der Waals surface area contributed by atoms with Gasteiger partial charge in [-0.05, 0) is 36.4 Å². The summed E-state index contributed by atoms with van der Waals surface area (Å²) in [6.07, 6.45) is 6.52. The first-order valence-corrected chi connectivity index (χ1v) is 17.7. The van der Waals surface area contributed by atoms with E-state index in [0.29, 0.717) is 19.0 Å². The molecule has 0 radical (unpaired) electrons. The Kier molecular flexibility index (Phi) is 7.87. The Morgan fingerprint density at radius 2 is 1.63 bits per heavy atom. The summed E-state index contributed by atoms with van der Waals surface area (Å²) in [7, 11) is 0. The van der Waals surface area contributed by atoms with Crippen molar-refractivity contribution >= 4 is 45.7 Å². The second-order valence-electron chi connectivity index (χ2n) is 13.9. The topological polar surface area (TPSA) is 130 Å². The second kappa shape index (κ2) is 12.9. The number of hydrogen-bond donors (Lipinski definition) is 3. The van der Waals surface area contributed by atoms with Crippen LogP contribution in [0.3, 0.4) is 0 Å². The lowest BCUT2D eigenvalue weighted by molar-refractivity contribution is -0.120. The third-order valence-electron chi connectivity index (χ3n) is 10.7. The molecule has 0 atom stereocenters. The molecule has 2 aromatic carbocycles. The molecule has 12 heteroatoms. The molecule has 4 amide bonds. The molecule has 3 saturated heterocycles. The summed E-state index contributed by atoms with van der Waals surface area (Å²) in [4.78, 5) is 58.1.